The Kier molecular flexibility index (Phi) is 6.76. The van der Waals surface area contributed by atoms with Crippen LogP contribution in [0.15, 0.2) is 60.8 Å². The third-order valence-electron chi connectivity index (χ3n) is 4.61. The molecule has 0 radical (unpaired) electrons. The molecule has 0 fully saturated rings. The highest BCUT2D eigenvalue weighted by Crippen LogP contribution is 2.34. The number of aryl methyl sites for hydroxylation is 1. The van der Waals surface area contributed by atoms with E-state index in [0.29, 0.717) is 17.7 Å². The zero-order valence-corrected chi connectivity index (χ0v) is 17.2. The molecule has 0 unspecified atom stereocenters. The zero-order chi connectivity index (χ0) is 24.2. The first kappa shape index (κ1) is 23.5. The summed E-state index contributed by atoms with van der Waals surface area (Å²) in [5, 5.41) is 13.0. The summed E-state index contributed by atoms with van der Waals surface area (Å²) in [6, 6.07) is 12.3. The van der Waals surface area contributed by atoms with E-state index in [-0.39, 0.29) is 11.3 Å². The van der Waals surface area contributed by atoms with Gasteiger partial charge in [-0.25, -0.2) is 4.79 Å². The molecule has 2 amide bonds. The van der Waals surface area contributed by atoms with Crippen LogP contribution >= 0.6 is 0 Å². The van der Waals surface area contributed by atoms with E-state index in [1.165, 1.54) is 6.07 Å². The highest BCUT2D eigenvalue weighted by molar-refractivity contribution is 6.12. The van der Waals surface area contributed by atoms with Gasteiger partial charge in [0.15, 0.2) is 5.78 Å². The number of nitrogens with zero attached hydrogens (tertiary/aromatic N) is 1. The van der Waals surface area contributed by atoms with Crippen molar-refractivity contribution in [2.75, 3.05) is 10.6 Å². The second-order valence-corrected chi connectivity index (χ2v) is 7.11. The van der Waals surface area contributed by atoms with Crippen molar-refractivity contribution in [3.63, 3.8) is 0 Å². The Hall–Kier alpha value is -4.21. The third-order valence-corrected chi connectivity index (χ3v) is 4.61. The summed E-state index contributed by atoms with van der Waals surface area (Å²) in [5.74, 6) is -1.45. The minimum atomic E-state index is -4.71. The van der Waals surface area contributed by atoms with Gasteiger partial charge in [-0.3, -0.25) is 19.9 Å². The minimum Gasteiger partial charge on any atom is -0.465 e. The van der Waals surface area contributed by atoms with Gasteiger partial charge in [-0.05, 0) is 42.8 Å². The number of amides is 2. The van der Waals surface area contributed by atoms with Crippen LogP contribution in [0, 0.1) is 6.92 Å². The van der Waals surface area contributed by atoms with Crippen molar-refractivity contribution in [1.29, 1.82) is 0 Å². The fourth-order valence-corrected chi connectivity index (χ4v) is 3.00. The van der Waals surface area contributed by atoms with Crippen LogP contribution in [-0.2, 0) is 11.0 Å². The van der Waals surface area contributed by atoms with Gasteiger partial charge >= 0.3 is 12.3 Å². The summed E-state index contributed by atoms with van der Waals surface area (Å²) in [6.45, 7) is 1.84. The lowest BCUT2D eigenvalue weighted by molar-refractivity contribution is -0.137. The van der Waals surface area contributed by atoms with Gasteiger partial charge in [-0.2, -0.15) is 13.2 Å². The van der Waals surface area contributed by atoms with Gasteiger partial charge in [0.1, 0.15) is 0 Å². The molecule has 170 valence electrons. The molecule has 1 heterocycles. The van der Waals surface area contributed by atoms with E-state index in [2.05, 4.69) is 10.3 Å². The molecule has 0 spiro atoms. The van der Waals surface area contributed by atoms with Crippen LogP contribution < -0.4 is 10.6 Å². The van der Waals surface area contributed by atoms with Crippen LogP contribution in [0.4, 0.5) is 29.3 Å². The van der Waals surface area contributed by atoms with Crippen LogP contribution in [-0.4, -0.2) is 27.9 Å². The number of nitrogens with one attached hydrogen (secondary N) is 2. The predicted octanol–water partition coefficient (Wildman–Crippen LogP) is 5.38. The summed E-state index contributed by atoms with van der Waals surface area (Å²) < 4.78 is 39.1. The van der Waals surface area contributed by atoms with Gasteiger partial charge < -0.3 is 10.4 Å². The number of halogens is 3. The smallest absolute Gasteiger partial charge is 0.416 e. The molecule has 0 atom stereocenters. The molecule has 0 saturated heterocycles. The number of hydrogen-bond donors (Lipinski definition) is 3. The number of rotatable bonds is 6. The van der Waals surface area contributed by atoms with Crippen LogP contribution in [0.2, 0.25) is 0 Å². The molecule has 1 aromatic heterocycles. The first-order valence-electron chi connectivity index (χ1n) is 9.60. The lowest BCUT2D eigenvalue weighted by Crippen LogP contribution is -2.19. The van der Waals surface area contributed by atoms with Crippen LogP contribution in [0.5, 0.6) is 0 Å². The quantitative estimate of drug-likeness (QED) is 0.340. The third kappa shape index (κ3) is 6.16. The number of ketones is 1. The van der Waals surface area contributed by atoms with E-state index in [0.717, 1.165) is 17.3 Å². The van der Waals surface area contributed by atoms with Gasteiger partial charge in [0.2, 0.25) is 5.91 Å². The number of pyridine rings is 1. The molecule has 0 aliphatic heterocycles. The van der Waals surface area contributed by atoms with Crippen LogP contribution in [0.25, 0.3) is 11.1 Å². The Morgan fingerprint density at radius 1 is 0.939 bits per heavy atom. The van der Waals surface area contributed by atoms with Crippen molar-refractivity contribution in [2.45, 2.75) is 19.5 Å². The Morgan fingerprint density at radius 2 is 1.70 bits per heavy atom. The predicted molar refractivity (Wildman–Crippen MR) is 115 cm³/mol. The van der Waals surface area contributed by atoms with Gasteiger partial charge in [0, 0.05) is 23.0 Å². The van der Waals surface area contributed by atoms with E-state index in [9.17, 15) is 27.6 Å². The number of carboxylic acid groups (broad SMARTS) is 1. The van der Waals surface area contributed by atoms with Crippen molar-refractivity contribution in [2.24, 2.45) is 0 Å². The van der Waals surface area contributed by atoms with Crippen molar-refractivity contribution in [3.8, 4) is 11.1 Å². The number of carbonyl (C=O) groups is 3. The Balaban J connectivity index is 1.78. The SMILES string of the molecule is Cc1ccc(-c2cccc(C(=O)CC(=O)Nc3cc(C(F)(F)F)ccc3NC(=O)O)c2)cn1. The molecule has 0 aliphatic rings. The zero-order valence-electron chi connectivity index (χ0n) is 17.2. The van der Waals surface area contributed by atoms with E-state index >= 15 is 0 Å². The van der Waals surface area contributed by atoms with E-state index in [4.69, 9.17) is 5.11 Å². The summed E-state index contributed by atoms with van der Waals surface area (Å²) in [4.78, 5) is 40.1. The van der Waals surface area contributed by atoms with E-state index in [1.54, 1.807) is 24.4 Å². The molecule has 3 rings (SSSR count). The van der Waals surface area contributed by atoms with Crippen molar-refractivity contribution in [3.05, 3.63) is 77.6 Å². The number of anilines is 2. The highest BCUT2D eigenvalue weighted by Gasteiger charge is 2.31. The van der Waals surface area contributed by atoms with Gasteiger partial charge in [0.25, 0.3) is 0 Å². The Bertz CT molecular complexity index is 1210. The highest BCUT2D eigenvalue weighted by atomic mass is 19.4. The average molecular weight is 457 g/mol. The lowest BCUT2D eigenvalue weighted by atomic mass is 10.0. The standard InChI is InChI=1S/C23H18F3N3O4/c1-13-5-6-16(12-27-13)14-3-2-4-15(9-14)20(30)11-21(31)28-19-10-17(23(24,25)26)7-8-18(19)29-22(32)33/h2-10,12,29H,11H2,1H3,(H,28,31)(H,32,33). The fraction of sp³-hybridized carbons (Fsp3) is 0.130. The van der Waals surface area contributed by atoms with Gasteiger partial charge in [-0.15, -0.1) is 0 Å². The monoisotopic (exact) mass is 457 g/mol. The molecule has 0 aliphatic carbocycles. The topological polar surface area (TPSA) is 108 Å². The lowest BCUT2D eigenvalue weighted by Gasteiger charge is -2.14. The summed E-state index contributed by atoms with van der Waals surface area (Å²) in [6.07, 6.45) is -5.24. The molecule has 10 heteroatoms. The number of benzene rings is 2. The summed E-state index contributed by atoms with van der Waals surface area (Å²) in [7, 11) is 0. The first-order chi connectivity index (χ1) is 15.5. The number of hydrogen-bond acceptors (Lipinski definition) is 4. The molecule has 0 bridgehead atoms. The molecular weight excluding hydrogens is 439 g/mol. The van der Waals surface area contributed by atoms with Crippen molar-refractivity contribution in [1.82, 2.24) is 4.98 Å². The second kappa shape index (κ2) is 9.51. The normalized spacial score (nSPS) is 11.0. The maximum atomic E-state index is 13.0. The maximum Gasteiger partial charge on any atom is 0.416 e. The summed E-state index contributed by atoms with van der Waals surface area (Å²) in [5.41, 5.74) is 0.784. The Morgan fingerprint density at radius 3 is 2.33 bits per heavy atom. The van der Waals surface area contributed by atoms with Gasteiger partial charge in [-0.1, -0.05) is 24.3 Å². The largest absolute Gasteiger partial charge is 0.465 e. The summed E-state index contributed by atoms with van der Waals surface area (Å²) >= 11 is 0. The van der Waals surface area contributed by atoms with Crippen LogP contribution in [0.3, 0.4) is 0 Å². The second-order valence-electron chi connectivity index (χ2n) is 7.11. The molecular formula is C23H18F3N3O4. The number of Topliss-reactive ketones (excluding diaryl/α,β-unsaturated/α-hetero) is 1. The molecule has 2 aromatic carbocycles. The molecule has 33 heavy (non-hydrogen) atoms. The number of alkyl halides is 3. The Labute approximate surface area is 186 Å². The van der Waals surface area contributed by atoms with Crippen molar-refractivity contribution >= 4 is 29.2 Å². The van der Waals surface area contributed by atoms with E-state index in [1.807, 2.05) is 24.4 Å². The number of carbonyl (C=O) groups excluding carboxylic acids is 2. The molecule has 7 nitrogen and oxygen atoms in total. The fourth-order valence-electron chi connectivity index (χ4n) is 3.00. The van der Waals surface area contributed by atoms with E-state index < -0.39 is 41.6 Å². The average Bonchev–Trinajstić information content (AvgIpc) is 2.74. The first-order valence-corrected chi connectivity index (χ1v) is 9.60. The molecule has 3 aromatic rings. The maximum absolute atomic E-state index is 13.0. The molecule has 0 saturated carbocycles. The molecule has 3 N–H and O–H groups in total. The van der Waals surface area contributed by atoms with Crippen molar-refractivity contribution < 1.29 is 32.7 Å². The van der Waals surface area contributed by atoms with Crippen LogP contribution in [0.1, 0.15) is 28.0 Å². The van der Waals surface area contributed by atoms with Gasteiger partial charge in [0.05, 0.1) is 23.4 Å². The number of aromatic nitrogens is 1. The minimum absolute atomic E-state index is 0.233.